The summed E-state index contributed by atoms with van der Waals surface area (Å²) in [6.45, 7) is 9.43. The van der Waals surface area contributed by atoms with Gasteiger partial charge in [0, 0.05) is 11.3 Å². The third-order valence-corrected chi connectivity index (χ3v) is 4.16. The topological polar surface area (TPSA) is 45.7 Å². The Morgan fingerprint density at radius 1 is 1.23 bits per heavy atom. The van der Waals surface area contributed by atoms with Gasteiger partial charge in [0.2, 0.25) is 0 Å². The van der Waals surface area contributed by atoms with Crippen LogP contribution in [-0.4, -0.2) is 43.2 Å². The maximum absolute atomic E-state index is 5.65. The van der Waals surface area contributed by atoms with Crippen molar-refractivity contribution in [1.29, 1.82) is 0 Å². The zero-order valence-electron chi connectivity index (χ0n) is 13.9. The number of halogens is 1. The van der Waals surface area contributed by atoms with E-state index in [4.69, 9.17) is 4.74 Å². The Bertz CT molecular complexity index is 427. The van der Waals surface area contributed by atoms with Gasteiger partial charge in [-0.05, 0) is 39.2 Å². The molecule has 0 saturated heterocycles. The minimum absolute atomic E-state index is 0. The molecule has 1 rings (SSSR count). The average molecular weight is 437 g/mol. The molecule has 0 fully saturated rings. The minimum atomic E-state index is 0. The zero-order chi connectivity index (χ0) is 15.6. The van der Waals surface area contributed by atoms with E-state index in [1.54, 1.807) is 0 Å². The van der Waals surface area contributed by atoms with Gasteiger partial charge in [0.1, 0.15) is 12.4 Å². The number of nitrogens with one attached hydrogen (secondary N) is 2. The summed E-state index contributed by atoms with van der Waals surface area (Å²) >= 11 is 1.83. The van der Waals surface area contributed by atoms with Crippen LogP contribution in [0.4, 0.5) is 0 Å². The van der Waals surface area contributed by atoms with Gasteiger partial charge in [-0.1, -0.05) is 18.2 Å². The third-order valence-electron chi connectivity index (χ3n) is 2.92. The summed E-state index contributed by atoms with van der Waals surface area (Å²) in [6.07, 6.45) is 2.11. The highest BCUT2D eigenvalue weighted by Crippen LogP contribution is 2.20. The van der Waals surface area contributed by atoms with E-state index in [2.05, 4.69) is 42.7 Å². The molecule has 0 aliphatic rings. The molecule has 0 aromatic heterocycles. The van der Waals surface area contributed by atoms with Crippen LogP contribution in [-0.2, 0) is 0 Å². The molecule has 0 aliphatic carbocycles. The van der Waals surface area contributed by atoms with Crippen molar-refractivity contribution in [2.45, 2.75) is 25.5 Å². The van der Waals surface area contributed by atoms with Crippen LogP contribution in [0.5, 0.6) is 5.75 Å². The summed E-state index contributed by atoms with van der Waals surface area (Å²) in [6, 6.07) is 9.84. The minimum Gasteiger partial charge on any atom is -0.492 e. The van der Waals surface area contributed by atoms with E-state index in [1.807, 2.05) is 42.1 Å². The van der Waals surface area contributed by atoms with Gasteiger partial charge in [-0.25, -0.2) is 0 Å². The summed E-state index contributed by atoms with van der Waals surface area (Å²) in [4.78, 5) is 4.62. The number of para-hydroxylation sites is 1. The van der Waals surface area contributed by atoms with Crippen molar-refractivity contribution < 1.29 is 4.74 Å². The van der Waals surface area contributed by atoms with Gasteiger partial charge in [0.05, 0.1) is 13.1 Å². The van der Waals surface area contributed by atoms with Gasteiger partial charge in [0.15, 0.2) is 5.96 Å². The van der Waals surface area contributed by atoms with Crippen LogP contribution in [0.1, 0.15) is 20.8 Å². The first-order valence-corrected chi connectivity index (χ1v) is 8.55. The summed E-state index contributed by atoms with van der Waals surface area (Å²) in [5.41, 5.74) is 0. The van der Waals surface area contributed by atoms with Gasteiger partial charge in [-0.15, -0.1) is 24.0 Å². The van der Waals surface area contributed by atoms with Gasteiger partial charge in [-0.2, -0.15) is 11.8 Å². The van der Waals surface area contributed by atoms with Crippen LogP contribution < -0.4 is 15.4 Å². The van der Waals surface area contributed by atoms with E-state index < -0.39 is 0 Å². The van der Waals surface area contributed by atoms with Crippen LogP contribution >= 0.6 is 35.7 Å². The predicted octanol–water partition coefficient (Wildman–Crippen LogP) is 3.38. The Morgan fingerprint density at radius 2 is 1.91 bits per heavy atom. The second-order valence-corrected chi connectivity index (χ2v) is 6.76. The lowest BCUT2D eigenvalue weighted by Crippen LogP contribution is -2.40. The molecule has 0 atom stereocenters. The standard InChI is InChI=1S/C16H27N3OS.HI/c1-5-17-15(19-13-16(2,3)21-4)18-11-12-20-14-9-7-6-8-10-14;/h6-10H,5,11-13H2,1-4H3,(H2,17,18,19);1H. The Kier molecular flexibility index (Phi) is 11.5. The SMILES string of the molecule is CCNC(=NCC(C)(C)SC)NCCOc1ccccc1.I. The first kappa shape index (κ1) is 21.4. The molecule has 0 amide bonds. The van der Waals surface area contributed by atoms with E-state index in [0.29, 0.717) is 6.61 Å². The summed E-state index contributed by atoms with van der Waals surface area (Å²) < 4.78 is 5.81. The third kappa shape index (κ3) is 9.40. The van der Waals surface area contributed by atoms with Crippen molar-refractivity contribution >= 4 is 41.7 Å². The van der Waals surface area contributed by atoms with Gasteiger partial charge >= 0.3 is 0 Å². The highest BCUT2D eigenvalue weighted by molar-refractivity contribution is 14.0. The zero-order valence-corrected chi connectivity index (χ0v) is 17.0. The average Bonchev–Trinajstić information content (AvgIpc) is 2.50. The molecule has 1 aromatic carbocycles. The fourth-order valence-corrected chi connectivity index (χ4v) is 1.72. The van der Waals surface area contributed by atoms with Gasteiger partial charge < -0.3 is 15.4 Å². The fourth-order valence-electron chi connectivity index (χ4n) is 1.53. The van der Waals surface area contributed by atoms with Crippen LogP contribution in [0.2, 0.25) is 0 Å². The molecule has 6 heteroatoms. The molecule has 0 aliphatic heterocycles. The number of hydrogen-bond donors (Lipinski definition) is 2. The van der Waals surface area contributed by atoms with Crippen LogP contribution in [0.3, 0.4) is 0 Å². The van der Waals surface area contributed by atoms with E-state index >= 15 is 0 Å². The van der Waals surface area contributed by atoms with Crippen molar-refractivity contribution in [3.05, 3.63) is 30.3 Å². The fraction of sp³-hybridized carbons (Fsp3) is 0.562. The summed E-state index contributed by atoms with van der Waals surface area (Å²) in [5, 5.41) is 6.54. The quantitative estimate of drug-likeness (QED) is 0.283. The Hall–Kier alpha value is -0.630. The molecule has 22 heavy (non-hydrogen) atoms. The second-order valence-electron chi connectivity index (χ2n) is 5.25. The molecule has 126 valence electrons. The highest BCUT2D eigenvalue weighted by atomic mass is 127. The molecular weight excluding hydrogens is 409 g/mol. The van der Waals surface area contributed by atoms with Gasteiger partial charge in [0.25, 0.3) is 0 Å². The Balaban J connectivity index is 0.00000441. The van der Waals surface area contributed by atoms with E-state index in [-0.39, 0.29) is 28.7 Å². The molecule has 0 unspecified atom stereocenters. The van der Waals surface area contributed by atoms with E-state index in [1.165, 1.54) is 0 Å². The van der Waals surface area contributed by atoms with Gasteiger partial charge in [-0.3, -0.25) is 4.99 Å². The molecule has 0 saturated carbocycles. The second kappa shape index (κ2) is 11.9. The number of hydrogen-bond acceptors (Lipinski definition) is 3. The molecule has 0 heterocycles. The van der Waals surface area contributed by atoms with Crippen LogP contribution in [0.15, 0.2) is 35.3 Å². The first-order chi connectivity index (χ1) is 10.1. The summed E-state index contributed by atoms with van der Waals surface area (Å²) in [5.74, 6) is 1.74. The van der Waals surface area contributed by atoms with Crippen molar-refractivity contribution in [1.82, 2.24) is 10.6 Å². The highest BCUT2D eigenvalue weighted by Gasteiger charge is 2.15. The lowest BCUT2D eigenvalue weighted by molar-refractivity contribution is 0.322. The number of rotatable bonds is 8. The van der Waals surface area contributed by atoms with E-state index in [0.717, 1.165) is 31.3 Å². The maximum atomic E-state index is 5.65. The number of nitrogens with zero attached hydrogens (tertiary/aromatic N) is 1. The predicted molar refractivity (Wildman–Crippen MR) is 109 cm³/mol. The molecule has 2 N–H and O–H groups in total. The van der Waals surface area contributed by atoms with Crippen molar-refractivity contribution in [2.24, 2.45) is 4.99 Å². The van der Waals surface area contributed by atoms with Crippen LogP contribution in [0.25, 0.3) is 0 Å². The van der Waals surface area contributed by atoms with Crippen molar-refractivity contribution in [3.8, 4) is 5.75 Å². The summed E-state index contributed by atoms with van der Waals surface area (Å²) in [7, 11) is 0. The number of thioether (sulfide) groups is 1. The first-order valence-electron chi connectivity index (χ1n) is 7.32. The molecule has 0 radical (unpaired) electrons. The Labute approximate surface area is 155 Å². The molecule has 1 aromatic rings. The maximum Gasteiger partial charge on any atom is 0.191 e. The van der Waals surface area contributed by atoms with Crippen molar-refractivity contribution in [3.63, 3.8) is 0 Å². The number of benzene rings is 1. The molecular formula is C16H28IN3OS. The molecule has 4 nitrogen and oxygen atoms in total. The van der Waals surface area contributed by atoms with Crippen LogP contribution in [0, 0.1) is 0 Å². The molecule has 0 bridgehead atoms. The number of guanidine groups is 1. The smallest absolute Gasteiger partial charge is 0.191 e. The largest absolute Gasteiger partial charge is 0.492 e. The Morgan fingerprint density at radius 3 is 2.50 bits per heavy atom. The van der Waals surface area contributed by atoms with Crippen molar-refractivity contribution in [2.75, 3.05) is 32.5 Å². The van der Waals surface area contributed by atoms with E-state index in [9.17, 15) is 0 Å². The normalized spacial score (nSPS) is 11.5. The monoisotopic (exact) mass is 437 g/mol. The molecule has 0 spiro atoms. The number of aliphatic imine (C=N–C) groups is 1. The lowest BCUT2D eigenvalue weighted by atomic mass is 10.2. The number of ether oxygens (including phenoxy) is 1. The lowest BCUT2D eigenvalue weighted by Gasteiger charge is -2.20.